The van der Waals surface area contributed by atoms with E-state index in [1.807, 2.05) is 73.8 Å². The lowest BCUT2D eigenvalue weighted by Crippen LogP contribution is -2.48. The minimum atomic E-state index is -3.50. The van der Waals surface area contributed by atoms with Crippen molar-refractivity contribution in [1.82, 2.24) is 15.6 Å². The van der Waals surface area contributed by atoms with Gasteiger partial charge in [-0.3, -0.25) is 13.9 Å². The topological polar surface area (TPSA) is 161 Å². The van der Waals surface area contributed by atoms with Gasteiger partial charge in [-0.1, -0.05) is 49.4 Å². The number of nitrogens with zero attached hydrogens (tertiary/aromatic N) is 1. The van der Waals surface area contributed by atoms with Crippen molar-refractivity contribution in [3.05, 3.63) is 95.2 Å². The molecule has 3 aromatic carbocycles. The number of H-pyrrole nitrogens is 1. The van der Waals surface area contributed by atoms with Crippen molar-refractivity contribution in [2.24, 2.45) is 0 Å². The van der Waals surface area contributed by atoms with Gasteiger partial charge in [-0.2, -0.15) is 0 Å². The molecule has 246 valence electrons. The number of sulfonamides is 1. The first-order valence-corrected chi connectivity index (χ1v) is 16.9. The van der Waals surface area contributed by atoms with Gasteiger partial charge in [0.15, 0.2) is 0 Å². The Morgan fingerprint density at radius 2 is 1.83 bits per heavy atom. The first-order valence-electron chi connectivity index (χ1n) is 15.3. The molecule has 1 aliphatic heterocycles. The van der Waals surface area contributed by atoms with Gasteiger partial charge < -0.3 is 30.6 Å². The first kappa shape index (κ1) is 34.5. The highest BCUT2D eigenvalue weighted by Crippen LogP contribution is 2.34. The van der Waals surface area contributed by atoms with E-state index in [9.17, 15) is 18.3 Å². The van der Waals surface area contributed by atoms with Crippen LogP contribution in [0.4, 0.5) is 5.69 Å². The number of rotatable bonds is 12. The summed E-state index contributed by atoms with van der Waals surface area (Å²) in [5.74, 6) is 0.477. The van der Waals surface area contributed by atoms with Crippen LogP contribution in [0.25, 0.3) is 10.9 Å². The van der Waals surface area contributed by atoms with E-state index in [0.717, 1.165) is 40.7 Å². The molecule has 0 radical (unpaired) electrons. The molecule has 12 heteroatoms. The number of aromatic nitrogens is 1. The summed E-state index contributed by atoms with van der Waals surface area (Å²) in [5.41, 5.74) is 4.55. The van der Waals surface area contributed by atoms with Crippen LogP contribution in [0.2, 0.25) is 0 Å². The Morgan fingerprint density at radius 1 is 1.09 bits per heavy atom. The van der Waals surface area contributed by atoms with Crippen molar-refractivity contribution in [3.63, 3.8) is 0 Å². The average molecular weight is 651 g/mol. The third-order valence-electron chi connectivity index (χ3n) is 8.01. The molecule has 1 saturated heterocycles. The van der Waals surface area contributed by atoms with Crippen LogP contribution in [0.3, 0.4) is 0 Å². The number of benzene rings is 3. The van der Waals surface area contributed by atoms with Gasteiger partial charge in [0.05, 0.1) is 36.2 Å². The molecule has 0 unspecified atom stereocenters. The Labute approximate surface area is 269 Å². The number of aryl methyl sites for hydroxylation is 1. The molecule has 2 atom stereocenters. The molecule has 2 heterocycles. The number of nitrogens with one attached hydrogen (secondary N) is 3. The number of methoxy groups -OCH3 is 1. The molecule has 0 saturated carbocycles. The minimum Gasteiger partial charge on any atom is -0.497 e. The van der Waals surface area contributed by atoms with Gasteiger partial charge in [-0.15, -0.1) is 0 Å². The third kappa shape index (κ3) is 8.65. The predicted molar refractivity (Wildman–Crippen MR) is 179 cm³/mol. The molecule has 1 aliphatic rings. The second kappa shape index (κ2) is 16.3. The maximum absolute atomic E-state index is 13.8. The van der Waals surface area contributed by atoms with Crippen molar-refractivity contribution in [2.75, 3.05) is 30.3 Å². The fourth-order valence-electron chi connectivity index (χ4n) is 5.64. The van der Waals surface area contributed by atoms with Gasteiger partial charge in [0.2, 0.25) is 10.0 Å². The quantitative estimate of drug-likeness (QED) is 0.145. The maximum Gasteiger partial charge on any atom is 0.290 e. The molecule has 1 aromatic heterocycles. The molecule has 0 spiro atoms. The van der Waals surface area contributed by atoms with Crippen molar-refractivity contribution >= 4 is 39.0 Å². The van der Waals surface area contributed by atoms with Gasteiger partial charge in [0.25, 0.3) is 12.4 Å². The number of carboxylic acid groups (broad SMARTS) is 1. The second-order valence-electron chi connectivity index (χ2n) is 11.1. The van der Waals surface area contributed by atoms with Gasteiger partial charge in [-0.05, 0) is 66.6 Å². The molecule has 1 fully saturated rings. The number of anilines is 1. The first-order chi connectivity index (χ1) is 22.2. The van der Waals surface area contributed by atoms with Gasteiger partial charge in [0, 0.05) is 36.8 Å². The molecule has 46 heavy (non-hydrogen) atoms. The van der Waals surface area contributed by atoms with Crippen LogP contribution in [-0.4, -0.2) is 74.1 Å². The summed E-state index contributed by atoms with van der Waals surface area (Å²) in [4.78, 5) is 25.5. The van der Waals surface area contributed by atoms with Crippen molar-refractivity contribution in [2.45, 2.75) is 51.3 Å². The third-order valence-corrected chi connectivity index (χ3v) is 9.87. The van der Waals surface area contributed by atoms with Crippen LogP contribution in [-0.2, 0) is 34.2 Å². The molecular weight excluding hydrogens is 608 g/mol. The summed E-state index contributed by atoms with van der Waals surface area (Å²) in [6.07, 6.45) is 3.52. The van der Waals surface area contributed by atoms with Crippen LogP contribution in [0.1, 0.15) is 46.8 Å². The van der Waals surface area contributed by atoms with Crippen LogP contribution in [0.5, 0.6) is 5.75 Å². The fourth-order valence-corrected chi connectivity index (χ4v) is 7.28. The van der Waals surface area contributed by atoms with E-state index >= 15 is 0 Å². The summed E-state index contributed by atoms with van der Waals surface area (Å²) < 4.78 is 32.9. The van der Waals surface area contributed by atoms with Crippen molar-refractivity contribution in [1.29, 1.82) is 0 Å². The van der Waals surface area contributed by atoms with Crippen LogP contribution in [0.15, 0.2) is 72.9 Å². The summed E-state index contributed by atoms with van der Waals surface area (Å²) >= 11 is 0. The second-order valence-corrected chi connectivity index (χ2v) is 13.1. The summed E-state index contributed by atoms with van der Waals surface area (Å²) in [5, 5.41) is 25.4. The molecule has 4 aromatic rings. The minimum absolute atomic E-state index is 0.0837. The van der Waals surface area contributed by atoms with E-state index in [1.54, 1.807) is 13.2 Å². The van der Waals surface area contributed by atoms with E-state index in [2.05, 4.69) is 15.6 Å². The highest BCUT2D eigenvalue weighted by atomic mass is 32.2. The molecule has 0 aliphatic carbocycles. The number of amides is 1. The monoisotopic (exact) mass is 650 g/mol. The van der Waals surface area contributed by atoms with E-state index in [-0.39, 0.29) is 24.7 Å². The number of aliphatic hydroxyl groups is 1. The number of fused-ring (bicyclic) bond motifs is 1. The summed E-state index contributed by atoms with van der Waals surface area (Å²) in [6.45, 7) is 2.93. The highest BCUT2D eigenvalue weighted by molar-refractivity contribution is 7.92. The lowest BCUT2D eigenvalue weighted by atomic mass is 9.99. The molecule has 11 nitrogen and oxygen atoms in total. The largest absolute Gasteiger partial charge is 0.497 e. The van der Waals surface area contributed by atoms with E-state index in [0.29, 0.717) is 42.7 Å². The number of carbonyl (C=O) groups is 2. The lowest BCUT2D eigenvalue weighted by molar-refractivity contribution is -0.122. The van der Waals surface area contributed by atoms with E-state index < -0.39 is 22.2 Å². The smallest absolute Gasteiger partial charge is 0.290 e. The number of aliphatic hydroxyl groups excluding tert-OH is 1. The number of carbonyl (C=O) groups excluding carboxylic acids is 1. The standard InChI is InChI=1S/C33H40N4O5S.CH2O2/c1-3-25-21-35-32-28(25)18-26(19-30(32)37-14-7-8-15-43(37,40)41)33(39)36-29(17-23-10-5-4-6-11-23)31(38)22-34-20-24-12-9-13-27(16-24)42-2;2-1-3/h4-6,9-13,16,18-19,21,29,31,34-35,38H,3,7-8,14-15,17,20,22H2,1-2H3,(H,36,39);1H,(H,2,3)/t29-,31+;/m0./s1. The zero-order valence-electron chi connectivity index (χ0n) is 26.1. The fraction of sp³-hybridized carbons (Fsp3) is 0.353. The zero-order chi connectivity index (χ0) is 33.1. The van der Waals surface area contributed by atoms with Gasteiger partial charge >= 0.3 is 0 Å². The predicted octanol–water partition coefficient (Wildman–Crippen LogP) is 3.86. The zero-order valence-corrected chi connectivity index (χ0v) is 26.9. The summed E-state index contributed by atoms with van der Waals surface area (Å²) in [7, 11) is -1.87. The van der Waals surface area contributed by atoms with E-state index in [1.165, 1.54) is 4.31 Å². The molecule has 5 rings (SSSR count). The van der Waals surface area contributed by atoms with Gasteiger partial charge in [0.1, 0.15) is 5.75 Å². The number of hydrogen-bond acceptors (Lipinski definition) is 7. The van der Waals surface area contributed by atoms with Crippen LogP contribution < -0.4 is 19.7 Å². The Morgan fingerprint density at radius 3 is 2.52 bits per heavy atom. The normalized spacial score (nSPS) is 15.3. The molecule has 0 bridgehead atoms. The lowest BCUT2D eigenvalue weighted by Gasteiger charge is -2.29. The number of aromatic amines is 1. The molecular formula is C34H42N4O7S. The highest BCUT2D eigenvalue weighted by Gasteiger charge is 2.30. The van der Waals surface area contributed by atoms with Crippen LogP contribution in [0, 0.1) is 0 Å². The molecule has 5 N–H and O–H groups in total. The Hall–Kier alpha value is -4.39. The SMILES string of the molecule is CCc1c[nH]c2c(N3CCCCS3(=O)=O)cc(C(=O)N[C@@H](Cc3ccccc3)[C@H](O)CNCc3cccc(OC)c3)cc12.O=CO. The Kier molecular flexibility index (Phi) is 12.2. The number of ether oxygens (including phenoxy) is 1. The molecule has 1 amide bonds. The number of hydrogen-bond donors (Lipinski definition) is 5. The Bertz CT molecular complexity index is 1710. The van der Waals surface area contributed by atoms with E-state index in [4.69, 9.17) is 14.6 Å². The van der Waals surface area contributed by atoms with Crippen molar-refractivity contribution < 1.29 is 33.0 Å². The Balaban J connectivity index is 0.00000154. The van der Waals surface area contributed by atoms with Crippen molar-refractivity contribution in [3.8, 4) is 5.75 Å². The maximum atomic E-state index is 13.8. The summed E-state index contributed by atoms with van der Waals surface area (Å²) in [6, 6.07) is 20.3. The van der Waals surface area contributed by atoms with Crippen LogP contribution >= 0.6 is 0 Å². The average Bonchev–Trinajstić information content (AvgIpc) is 3.48. The van der Waals surface area contributed by atoms with Gasteiger partial charge in [-0.25, -0.2) is 8.42 Å².